The molecule has 0 aliphatic heterocycles. The number of aromatic nitrogens is 6. The second kappa shape index (κ2) is 18.6. The largest absolute Gasteiger partial charge is 0.547 e. The highest BCUT2D eigenvalue weighted by atomic mass is 16.5. The molecule has 6 N–H and O–H groups in total. The third kappa shape index (κ3) is 11.7. The first kappa shape index (κ1) is 37.0. The van der Waals surface area contributed by atoms with Crippen LogP contribution in [0.25, 0.3) is 23.0 Å². The second-order valence-corrected chi connectivity index (χ2v) is 10.1. The van der Waals surface area contributed by atoms with Gasteiger partial charge in [-0.1, -0.05) is 12.1 Å². The molecular weight excluding hydrogens is 600 g/mol. The summed E-state index contributed by atoms with van der Waals surface area (Å²) in [4.78, 5) is 45.3. The fraction of sp³-hybridized carbons (Fsp3) is 0.333. The first-order valence-corrected chi connectivity index (χ1v) is 14.0. The Morgan fingerprint density at radius 2 is 1.04 bits per heavy atom. The lowest BCUT2D eigenvalue weighted by Crippen LogP contribution is -2.83. The number of aliphatic hydroxyl groups excluding tert-OH is 2. The highest BCUT2D eigenvalue weighted by Crippen LogP contribution is 2.21. The lowest BCUT2D eigenvalue weighted by atomic mass is 10.2. The van der Waals surface area contributed by atoms with E-state index in [2.05, 4.69) is 57.6 Å². The molecule has 4 aromatic rings. The average molecular weight is 639 g/mol. The molecule has 246 valence electrons. The number of carbonyl (C=O) groups is 2. The summed E-state index contributed by atoms with van der Waals surface area (Å²) < 4.78 is 10.5. The number of quaternary nitrogens is 2. The Bertz CT molecular complexity index is 1410. The van der Waals surface area contributed by atoms with Crippen LogP contribution in [-0.2, 0) is 9.59 Å². The van der Waals surface area contributed by atoms with E-state index in [9.17, 15) is 19.8 Å². The van der Waals surface area contributed by atoms with Crippen molar-refractivity contribution in [3.8, 4) is 34.5 Å². The molecule has 0 aromatic carbocycles. The van der Waals surface area contributed by atoms with Crippen LogP contribution in [0.3, 0.4) is 0 Å². The van der Waals surface area contributed by atoms with Crippen LogP contribution in [0.1, 0.15) is 27.7 Å². The van der Waals surface area contributed by atoms with Crippen molar-refractivity contribution in [2.24, 2.45) is 0 Å². The second-order valence-electron chi connectivity index (χ2n) is 10.1. The van der Waals surface area contributed by atoms with Gasteiger partial charge in [-0.25, -0.2) is 9.97 Å². The zero-order valence-corrected chi connectivity index (χ0v) is 26.3. The molecule has 0 fully saturated rings. The highest BCUT2D eigenvalue weighted by molar-refractivity contribution is 5.80. The van der Waals surface area contributed by atoms with Gasteiger partial charge in [-0.3, -0.25) is 20.6 Å². The third-order valence-electron chi connectivity index (χ3n) is 5.56. The summed E-state index contributed by atoms with van der Waals surface area (Å²) in [5.74, 6) is 0.0954. The number of carbonyl (C=O) groups excluding carboxylic acids is 2. The van der Waals surface area contributed by atoms with Crippen molar-refractivity contribution in [3.05, 3.63) is 61.2 Å². The molecule has 4 rings (SSSR count). The molecule has 0 saturated carbocycles. The zero-order valence-electron chi connectivity index (χ0n) is 26.3. The molecule has 0 radical (unpaired) electrons. The Kier molecular flexibility index (Phi) is 15.0. The van der Waals surface area contributed by atoms with Crippen LogP contribution in [0.4, 0.5) is 11.6 Å². The molecular formula is C30H38N8O8. The fourth-order valence-corrected chi connectivity index (χ4v) is 3.45. The molecule has 2 unspecified atom stereocenters. The van der Waals surface area contributed by atoms with Gasteiger partial charge >= 0.3 is 0 Å². The number of aliphatic carboxylic acids is 2. The van der Waals surface area contributed by atoms with Gasteiger partial charge < -0.3 is 39.5 Å². The van der Waals surface area contributed by atoms with E-state index in [-0.39, 0.29) is 0 Å². The van der Waals surface area contributed by atoms with Crippen LogP contribution in [-0.4, -0.2) is 90.6 Å². The average Bonchev–Trinajstić information content (AvgIpc) is 3.04. The predicted octanol–water partition coefficient (Wildman–Crippen LogP) is -2.49. The lowest BCUT2D eigenvalue weighted by molar-refractivity contribution is -0.607. The minimum absolute atomic E-state index is 0.394. The number of hydrogen-bond acceptors (Lipinski definition) is 14. The van der Waals surface area contributed by atoms with Crippen molar-refractivity contribution < 1.29 is 50.1 Å². The van der Waals surface area contributed by atoms with Crippen LogP contribution in [0.5, 0.6) is 11.5 Å². The minimum atomic E-state index is -2.44. The smallest absolute Gasteiger partial charge is 0.271 e. The number of carboxylic acids is 2. The van der Waals surface area contributed by atoms with Crippen molar-refractivity contribution in [1.29, 1.82) is 0 Å². The summed E-state index contributed by atoms with van der Waals surface area (Å²) in [5, 5.41) is 39.8. The SMILES string of the molecule is COc1cnc(-c2ccccn2)nc1[NH2+]C(C)C.COc1cnc(-c2ccccn2)nc1[NH2+]C(C)C.O=C([O-])C(O)C(O)C(=O)[O-]. The number of ether oxygens (including phenoxy) is 2. The summed E-state index contributed by atoms with van der Waals surface area (Å²) in [6, 6.07) is 12.1. The van der Waals surface area contributed by atoms with Gasteiger partial charge in [-0.15, -0.1) is 0 Å². The van der Waals surface area contributed by atoms with E-state index in [1.165, 1.54) is 0 Å². The predicted molar refractivity (Wildman–Crippen MR) is 159 cm³/mol. The molecule has 16 nitrogen and oxygen atoms in total. The number of methoxy groups -OCH3 is 2. The summed E-state index contributed by atoms with van der Waals surface area (Å²) in [5.41, 5.74) is 1.53. The normalized spacial score (nSPS) is 11.8. The molecule has 4 aromatic heterocycles. The quantitative estimate of drug-likeness (QED) is 0.133. The Balaban J connectivity index is 0.000000252. The maximum atomic E-state index is 9.63. The number of rotatable bonds is 11. The zero-order chi connectivity index (χ0) is 34.2. The summed E-state index contributed by atoms with van der Waals surface area (Å²) in [6.07, 6.45) is 1.95. The van der Waals surface area contributed by atoms with E-state index in [1.807, 2.05) is 47.0 Å². The van der Waals surface area contributed by atoms with Crippen LogP contribution in [0, 0.1) is 0 Å². The summed E-state index contributed by atoms with van der Waals surface area (Å²) in [6.45, 7) is 8.40. The molecule has 16 heteroatoms. The van der Waals surface area contributed by atoms with E-state index in [0.29, 0.717) is 35.2 Å². The highest BCUT2D eigenvalue weighted by Gasteiger charge is 2.18. The van der Waals surface area contributed by atoms with E-state index in [1.54, 1.807) is 39.0 Å². The minimum Gasteiger partial charge on any atom is -0.547 e. The van der Waals surface area contributed by atoms with Crippen LogP contribution in [0.15, 0.2) is 61.2 Å². The van der Waals surface area contributed by atoms with E-state index in [4.69, 9.17) is 19.7 Å². The van der Waals surface area contributed by atoms with Crippen LogP contribution in [0.2, 0.25) is 0 Å². The summed E-state index contributed by atoms with van der Waals surface area (Å²) in [7, 11) is 3.24. The molecule has 2 atom stereocenters. The molecule has 0 bridgehead atoms. The standard InChI is InChI=1S/2C13H16N4O.C4H6O6/c2*1-9(2)16-13-11(18-3)8-15-12(17-13)10-6-4-5-7-14-10;5-1(3(7)8)2(6)4(9)10/h2*4-9H,1-3H3,(H,15,16,17);1-2,5-6H,(H,7,8)(H,9,10). The number of aliphatic hydroxyl groups is 2. The van der Waals surface area contributed by atoms with Gasteiger partial charge in [-0.05, 0) is 52.0 Å². The van der Waals surface area contributed by atoms with Gasteiger partial charge in [0.1, 0.15) is 23.6 Å². The molecule has 0 spiro atoms. The molecule has 4 heterocycles. The number of nitrogens with two attached hydrogens (primary N) is 2. The van der Waals surface area contributed by atoms with Crippen molar-refractivity contribution in [3.63, 3.8) is 0 Å². The van der Waals surface area contributed by atoms with Crippen LogP contribution >= 0.6 is 0 Å². The van der Waals surface area contributed by atoms with E-state index >= 15 is 0 Å². The number of nitrogens with zero attached hydrogens (tertiary/aromatic N) is 6. The molecule has 0 amide bonds. The Morgan fingerprint density at radius 3 is 1.30 bits per heavy atom. The molecule has 46 heavy (non-hydrogen) atoms. The van der Waals surface area contributed by atoms with Gasteiger partial charge in [0.2, 0.25) is 11.5 Å². The number of hydrogen-bond donors (Lipinski definition) is 4. The monoisotopic (exact) mass is 638 g/mol. The molecule has 0 aliphatic carbocycles. The van der Waals surface area contributed by atoms with Gasteiger partial charge in [0.15, 0.2) is 11.6 Å². The molecule has 0 aliphatic rings. The Hall–Kier alpha value is -5.16. The first-order chi connectivity index (χ1) is 21.9. The third-order valence-corrected chi connectivity index (χ3v) is 5.56. The van der Waals surface area contributed by atoms with E-state index in [0.717, 1.165) is 23.0 Å². The van der Waals surface area contributed by atoms with Crippen LogP contribution < -0.4 is 30.3 Å². The van der Waals surface area contributed by atoms with E-state index < -0.39 is 24.1 Å². The van der Waals surface area contributed by atoms with Gasteiger partial charge in [0.25, 0.3) is 11.6 Å². The van der Waals surface area contributed by atoms with Crippen molar-refractivity contribution in [1.82, 2.24) is 29.9 Å². The fourth-order valence-electron chi connectivity index (χ4n) is 3.45. The van der Waals surface area contributed by atoms with Crippen molar-refractivity contribution >= 4 is 23.6 Å². The van der Waals surface area contributed by atoms with Gasteiger partial charge in [0, 0.05) is 12.4 Å². The maximum Gasteiger partial charge on any atom is 0.271 e. The number of pyridine rings is 2. The topological polar surface area (TPSA) is 250 Å². The lowest BCUT2D eigenvalue weighted by Gasteiger charge is -2.18. The van der Waals surface area contributed by atoms with Gasteiger partial charge in [0.05, 0.1) is 50.6 Å². The summed E-state index contributed by atoms with van der Waals surface area (Å²) >= 11 is 0. The first-order valence-electron chi connectivity index (χ1n) is 14.0. The molecule has 0 saturated heterocycles. The Morgan fingerprint density at radius 1 is 0.674 bits per heavy atom. The van der Waals surface area contributed by atoms with Crippen molar-refractivity contribution in [2.45, 2.75) is 52.0 Å². The maximum absolute atomic E-state index is 9.63. The van der Waals surface area contributed by atoms with Crippen molar-refractivity contribution in [2.75, 3.05) is 14.2 Å². The Labute approximate surface area is 265 Å². The van der Waals surface area contributed by atoms with Gasteiger partial charge in [-0.2, -0.15) is 9.97 Å². The number of carboxylic acid groups (broad SMARTS) is 2.